The van der Waals surface area contributed by atoms with Crippen molar-refractivity contribution in [1.29, 1.82) is 0 Å². The van der Waals surface area contributed by atoms with Gasteiger partial charge in [-0.1, -0.05) is 32.6 Å². The maximum atomic E-state index is 11.0. The fraction of sp³-hybridized carbons (Fsp3) is 0.571. The quantitative estimate of drug-likeness (QED) is 0.719. The van der Waals surface area contributed by atoms with Crippen molar-refractivity contribution in [2.45, 2.75) is 46.0 Å². The Balaban J connectivity index is 2.44. The number of rotatable bonds is 8. The Bertz CT molecular complexity index is 391. The fourth-order valence-corrected chi connectivity index (χ4v) is 1.70. The summed E-state index contributed by atoms with van der Waals surface area (Å²) in [7, 11) is 0. The van der Waals surface area contributed by atoms with Gasteiger partial charge in [0, 0.05) is 5.69 Å². The van der Waals surface area contributed by atoms with E-state index >= 15 is 0 Å². The van der Waals surface area contributed by atoms with E-state index in [1.165, 1.54) is 19.3 Å². The van der Waals surface area contributed by atoms with Gasteiger partial charge in [0.2, 0.25) is 0 Å². The van der Waals surface area contributed by atoms with Gasteiger partial charge in [-0.3, -0.25) is 0 Å². The molecular weight excluding hydrogens is 230 g/mol. The summed E-state index contributed by atoms with van der Waals surface area (Å²) in [6.07, 6.45) is 5.73. The molecule has 0 saturated heterocycles. The van der Waals surface area contributed by atoms with Crippen LogP contribution in [0.4, 0.5) is 0 Å². The number of unbranched alkanes of at least 4 members (excludes halogenated alkanes) is 4. The Morgan fingerprint density at radius 2 is 2.00 bits per heavy atom. The maximum Gasteiger partial charge on any atom is 0.358 e. The zero-order valence-electron chi connectivity index (χ0n) is 11.1. The first kappa shape index (κ1) is 14.5. The molecule has 4 heteroatoms. The van der Waals surface area contributed by atoms with Gasteiger partial charge >= 0.3 is 5.97 Å². The van der Waals surface area contributed by atoms with Gasteiger partial charge in [-0.25, -0.2) is 9.78 Å². The van der Waals surface area contributed by atoms with Crippen molar-refractivity contribution in [3.05, 3.63) is 23.5 Å². The Kier molecular flexibility index (Phi) is 6.19. The van der Waals surface area contributed by atoms with Crippen molar-refractivity contribution in [3.8, 4) is 5.75 Å². The maximum absolute atomic E-state index is 11.0. The topological polar surface area (TPSA) is 59.4 Å². The third kappa shape index (κ3) is 4.73. The summed E-state index contributed by atoms with van der Waals surface area (Å²) in [4.78, 5) is 15.0. The lowest BCUT2D eigenvalue weighted by Gasteiger charge is -2.08. The molecule has 0 aromatic carbocycles. The van der Waals surface area contributed by atoms with Gasteiger partial charge in [0.15, 0.2) is 11.4 Å². The Morgan fingerprint density at radius 1 is 1.28 bits per heavy atom. The van der Waals surface area contributed by atoms with Crippen LogP contribution in [0.3, 0.4) is 0 Å². The minimum Gasteiger partial charge on any atom is -0.491 e. The van der Waals surface area contributed by atoms with Crippen molar-refractivity contribution in [3.63, 3.8) is 0 Å². The van der Waals surface area contributed by atoms with E-state index < -0.39 is 5.97 Å². The molecule has 100 valence electrons. The van der Waals surface area contributed by atoms with Crippen LogP contribution < -0.4 is 4.74 Å². The first-order valence-corrected chi connectivity index (χ1v) is 6.49. The standard InChI is InChI=1S/C14H21NO3/c1-3-4-5-6-7-10-18-12-9-8-11(2)15-13(12)14(16)17/h8-9H,3-7,10H2,1-2H3,(H,16,17). The van der Waals surface area contributed by atoms with Crippen LogP contribution in [0.25, 0.3) is 0 Å². The van der Waals surface area contributed by atoms with E-state index in [0.717, 1.165) is 12.8 Å². The number of carboxylic acids is 1. The summed E-state index contributed by atoms with van der Waals surface area (Å²) in [5.41, 5.74) is 0.686. The average molecular weight is 251 g/mol. The molecule has 0 fully saturated rings. The second kappa shape index (κ2) is 7.69. The van der Waals surface area contributed by atoms with Crippen molar-refractivity contribution >= 4 is 5.97 Å². The number of ether oxygens (including phenoxy) is 1. The van der Waals surface area contributed by atoms with Gasteiger partial charge < -0.3 is 9.84 Å². The Morgan fingerprint density at radius 3 is 2.67 bits per heavy atom. The molecule has 0 aliphatic heterocycles. The zero-order chi connectivity index (χ0) is 13.4. The van der Waals surface area contributed by atoms with E-state index in [9.17, 15) is 4.79 Å². The summed E-state index contributed by atoms with van der Waals surface area (Å²) in [6.45, 7) is 4.49. The lowest BCUT2D eigenvalue weighted by molar-refractivity contribution is 0.0685. The molecule has 18 heavy (non-hydrogen) atoms. The molecule has 0 aliphatic carbocycles. The van der Waals surface area contributed by atoms with Crippen LogP contribution in [-0.4, -0.2) is 22.7 Å². The third-order valence-electron chi connectivity index (χ3n) is 2.71. The number of pyridine rings is 1. The summed E-state index contributed by atoms with van der Waals surface area (Å²) in [5, 5.41) is 9.02. The number of hydrogen-bond acceptors (Lipinski definition) is 3. The lowest BCUT2D eigenvalue weighted by Crippen LogP contribution is -2.07. The minimum atomic E-state index is -1.04. The molecule has 0 aliphatic rings. The van der Waals surface area contributed by atoms with Crippen LogP contribution in [0.15, 0.2) is 12.1 Å². The predicted molar refractivity (Wildman–Crippen MR) is 70.2 cm³/mol. The van der Waals surface area contributed by atoms with Crippen molar-refractivity contribution < 1.29 is 14.6 Å². The molecule has 0 unspecified atom stereocenters. The van der Waals surface area contributed by atoms with Crippen LogP contribution in [-0.2, 0) is 0 Å². The summed E-state index contributed by atoms with van der Waals surface area (Å²) in [6, 6.07) is 3.44. The van der Waals surface area contributed by atoms with Crippen LogP contribution in [0.2, 0.25) is 0 Å². The van der Waals surface area contributed by atoms with Gasteiger partial charge in [-0.15, -0.1) is 0 Å². The molecule has 0 radical (unpaired) electrons. The number of aromatic nitrogens is 1. The molecule has 1 rings (SSSR count). The van der Waals surface area contributed by atoms with Crippen LogP contribution in [0, 0.1) is 6.92 Å². The highest BCUT2D eigenvalue weighted by atomic mass is 16.5. The SMILES string of the molecule is CCCCCCCOc1ccc(C)nc1C(=O)O. The number of aromatic carboxylic acids is 1. The van der Waals surface area contributed by atoms with Crippen LogP contribution >= 0.6 is 0 Å². The summed E-state index contributed by atoms with van der Waals surface area (Å²) < 4.78 is 5.49. The molecule has 0 amide bonds. The number of carboxylic acid groups (broad SMARTS) is 1. The number of carbonyl (C=O) groups is 1. The first-order chi connectivity index (χ1) is 8.65. The van der Waals surface area contributed by atoms with E-state index in [1.54, 1.807) is 19.1 Å². The van der Waals surface area contributed by atoms with E-state index in [4.69, 9.17) is 9.84 Å². The second-order valence-electron chi connectivity index (χ2n) is 4.37. The molecule has 1 heterocycles. The van der Waals surface area contributed by atoms with Crippen molar-refractivity contribution in [2.24, 2.45) is 0 Å². The average Bonchev–Trinajstić information content (AvgIpc) is 2.35. The van der Waals surface area contributed by atoms with E-state index in [2.05, 4.69) is 11.9 Å². The smallest absolute Gasteiger partial charge is 0.358 e. The molecule has 0 spiro atoms. The van der Waals surface area contributed by atoms with Crippen molar-refractivity contribution in [2.75, 3.05) is 6.61 Å². The molecule has 4 nitrogen and oxygen atoms in total. The largest absolute Gasteiger partial charge is 0.491 e. The van der Waals surface area contributed by atoms with Gasteiger partial charge in [0.1, 0.15) is 0 Å². The second-order valence-corrected chi connectivity index (χ2v) is 4.37. The predicted octanol–water partition coefficient (Wildman–Crippen LogP) is 3.44. The third-order valence-corrected chi connectivity index (χ3v) is 2.71. The number of nitrogens with zero attached hydrogens (tertiary/aromatic N) is 1. The van der Waals surface area contributed by atoms with E-state index in [1.807, 2.05) is 0 Å². The molecular formula is C14H21NO3. The van der Waals surface area contributed by atoms with E-state index in [-0.39, 0.29) is 5.69 Å². The van der Waals surface area contributed by atoms with Gasteiger partial charge in [-0.05, 0) is 25.5 Å². The molecule has 0 bridgehead atoms. The highest BCUT2D eigenvalue weighted by molar-refractivity contribution is 5.88. The highest BCUT2D eigenvalue weighted by Crippen LogP contribution is 2.17. The van der Waals surface area contributed by atoms with E-state index in [0.29, 0.717) is 18.1 Å². The Hall–Kier alpha value is -1.58. The van der Waals surface area contributed by atoms with Crippen LogP contribution in [0.1, 0.15) is 55.2 Å². The molecule has 0 saturated carbocycles. The number of aryl methyl sites for hydroxylation is 1. The first-order valence-electron chi connectivity index (χ1n) is 6.49. The lowest BCUT2D eigenvalue weighted by atomic mass is 10.2. The molecule has 0 atom stereocenters. The highest BCUT2D eigenvalue weighted by Gasteiger charge is 2.13. The minimum absolute atomic E-state index is 0.00329. The monoisotopic (exact) mass is 251 g/mol. The van der Waals surface area contributed by atoms with Gasteiger partial charge in [0.25, 0.3) is 0 Å². The molecule has 1 aromatic heterocycles. The summed E-state index contributed by atoms with van der Waals surface area (Å²) >= 11 is 0. The normalized spacial score (nSPS) is 10.3. The van der Waals surface area contributed by atoms with Crippen molar-refractivity contribution in [1.82, 2.24) is 4.98 Å². The van der Waals surface area contributed by atoms with Gasteiger partial charge in [0.05, 0.1) is 6.61 Å². The molecule has 1 aromatic rings. The fourth-order valence-electron chi connectivity index (χ4n) is 1.70. The Labute approximate surface area is 108 Å². The summed E-state index contributed by atoms with van der Waals surface area (Å²) in [5.74, 6) is -0.678. The van der Waals surface area contributed by atoms with Crippen LogP contribution in [0.5, 0.6) is 5.75 Å². The number of hydrogen-bond donors (Lipinski definition) is 1. The molecule has 1 N–H and O–H groups in total. The zero-order valence-corrected chi connectivity index (χ0v) is 11.1. The van der Waals surface area contributed by atoms with Gasteiger partial charge in [-0.2, -0.15) is 0 Å².